The van der Waals surface area contributed by atoms with E-state index in [1.807, 2.05) is 13.8 Å². The zero-order valence-electron chi connectivity index (χ0n) is 18.2. The van der Waals surface area contributed by atoms with E-state index in [0.29, 0.717) is 11.2 Å². The lowest BCUT2D eigenvalue weighted by Gasteiger charge is -2.05. The predicted molar refractivity (Wildman–Crippen MR) is 118 cm³/mol. The van der Waals surface area contributed by atoms with Crippen molar-refractivity contribution < 1.29 is 9.18 Å². The Bertz CT molecular complexity index is 1100. The second-order valence-electron chi connectivity index (χ2n) is 6.45. The Balaban J connectivity index is 0.000000404. The molecule has 160 valence electrons. The summed E-state index contributed by atoms with van der Waals surface area (Å²) in [4.78, 5) is 16.5. The van der Waals surface area contributed by atoms with Crippen molar-refractivity contribution in [2.45, 2.75) is 47.0 Å². The molecule has 0 radical (unpaired) electrons. The van der Waals surface area contributed by atoms with Crippen molar-refractivity contribution in [2.75, 3.05) is 5.32 Å². The van der Waals surface area contributed by atoms with Gasteiger partial charge in [0.05, 0.1) is 17.4 Å². The molecule has 0 saturated carbocycles. The standard InChI is InChI=1S/C15H11FN6O.C5H12.C2H6/c1-21-8-9-5-13(11(16)6-12(9)20-21)19-15(23)10-7-18-22-4-2-3-17-14(10)22;1-3-5-4-2;1-2/h2-8H,1H3,(H,19,23);3-5H2,1-2H3;1-2H3. The number of fused-ring (bicyclic) bond motifs is 2. The Morgan fingerprint density at radius 1 is 1.20 bits per heavy atom. The van der Waals surface area contributed by atoms with Crippen molar-refractivity contribution in [3.05, 3.63) is 54.4 Å². The third-order valence-corrected chi connectivity index (χ3v) is 4.19. The molecule has 8 heteroatoms. The third-order valence-electron chi connectivity index (χ3n) is 4.19. The molecule has 1 N–H and O–H groups in total. The quantitative estimate of drug-likeness (QED) is 0.498. The van der Waals surface area contributed by atoms with Crippen LogP contribution in [0, 0.1) is 5.82 Å². The maximum atomic E-state index is 14.1. The van der Waals surface area contributed by atoms with Crippen LogP contribution in [0.5, 0.6) is 0 Å². The van der Waals surface area contributed by atoms with Gasteiger partial charge in [0.15, 0.2) is 5.65 Å². The smallest absolute Gasteiger partial charge is 0.261 e. The molecule has 0 fully saturated rings. The number of hydrogen-bond donors (Lipinski definition) is 1. The summed E-state index contributed by atoms with van der Waals surface area (Å²) in [6, 6.07) is 4.55. The number of amides is 1. The van der Waals surface area contributed by atoms with E-state index in [1.165, 1.54) is 36.0 Å². The summed E-state index contributed by atoms with van der Waals surface area (Å²) >= 11 is 0. The second kappa shape index (κ2) is 11.0. The van der Waals surface area contributed by atoms with Crippen LogP contribution in [-0.4, -0.2) is 30.3 Å². The lowest BCUT2D eigenvalue weighted by molar-refractivity contribution is 0.102. The Kier molecular flexibility index (Phi) is 8.46. The fourth-order valence-corrected chi connectivity index (χ4v) is 2.80. The van der Waals surface area contributed by atoms with Crippen molar-refractivity contribution in [1.29, 1.82) is 0 Å². The molecule has 1 amide bonds. The predicted octanol–water partition coefficient (Wildman–Crippen LogP) is 5.23. The van der Waals surface area contributed by atoms with Gasteiger partial charge >= 0.3 is 0 Å². The maximum absolute atomic E-state index is 14.1. The van der Waals surface area contributed by atoms with Gasteiger partial charge in [0.1, 0.15) is 11.4 Å². The number of rotatable bonds is 4. The minimum Gasteiger partial charge on any atom is -0.319 e. The van der Waals surface area contributed by atoms with Gasteiger partial charge in [-0.3, -0.25) is 9.48 Å². The van der Waals surface area contributed by atoms with E-state index in [0.717, 1.165) is 5.39 Å². The highest BCUT2D eigenvalue weighted by molar-refractivity contribution is 6.08. The van der Waals surface area contributed by atoms with E-state index in [4.69, 9.17) is 0 Å². The lowest BCUT2D eigenvalue weighted by Crippen LogP contribution is -2.13. The minimum atomic E-state index is -0.547. The summed E-state index contributed by atoms with van der Waals surface area (Å²) in [6.07, 6.45) is 10.5. The van der Waals surface area contributed by atoms with E-state index in [9.17, 15) is 9.18 Å². The van der Waals surface area contributed by atoms with Gasteiger partial charge in [-0.1, -0.05) is 47.0 Å². The van der Waals surface area contributed by atoms with Crippen LogP contribution < -0.4 is 5.32 Å². The van der Waals surface area contributed by atoms with Crippen LogP contribution in [0.4, 0.5) is 10.1 Å². The summed E-state index contributed by atoms with van der Waals surface area (Å²) in [5, 5.41) is 11.5. The first-order chi connectivity index (χ1) is 14.5. The highest BCUT2D eigenvalue weighted by atomic mass is 19.1. The molecule has 0 saturated heterocycles. The Morgan fingerprint density at radius 2 is 1.93 bits per heavy atom. The van der Waals surface area contributed by atoms with E-state index in [-0.39, 0.29) is 11.3 Å². The molecule has 0 aliphatic carbocycles. The van der Waals surface area contributed by atoms with Gasteiger partial charge in [-0.25, -0.2) is 13.9 Å². The van der Waals surface area contributed by atoms with E-state index < -0.39 is 11.7 Å². The van der Waals surface area contributed by atoms with Gasteiger partial charge in [-0.05, 0) is 12.1 Å². The van der Waals surface area contributed by atoms with Crippen LogP contribution >= 0.6 is 0 Å². The van der Waals surface area contributed by atoms with Crippen molar-refractivity contribution in [3.63, 3.8) is 0 Å². The zero-order chi connectivity index (χ0) is 22.1. The Hall–Kier alpha value is -3.29. The largest absolute Gasteiger partial charge is 0.319 e. The highest BCUT2D eigenvalue weighted by Crippen LogP contribution is 2.23. The van der Waals surface area contributed by atoms with Gasteiger partial charge in [0, 0.05) is 37.1 Å². The van der Waals surface area contributed by atoms with Crippen molar-refractivity contribution in [3.8, 4) is 0 Å². The van der Waals surface area contributed by atoms with Gasteiger partial charge in [0.25, 0.3) is 5.91 Å². The first-order valence-electron chi connectivity index (χ1n) is 10.3. The summed E-state index contributed by atoms with van der Waals surface area (Å²) in [7, 11) is 1.75. The molecular weight excluding hydrogens is 383 g/mol. The number of unbranched alkanes of at least 4 members (excludes halogenated alkanes) is 2. The molecule has 0 spiro atoms. The van der Waals surface area contributed by atoms with Crippen molar-refractivity contribution in [1.82, 2.24) is 24.4 Å². The summed E-state index contributed by atoms with van der Waals surface area (Å²) in [6.45, 7) is 8.42. The number of aromatic nitrogens is 5. The molecule has 4 aromatic rings. The first kappa shape index (κ1) is 23.0. The number of halogens is 1. The molecular formula is C22H29FN6O. The molecule has 1 aromatic carbocycles. The summed E-state index contributed by atoms with van der Waals surface area (Å²) in [5.41, 5.74) is 1.30. The molecule has 0 atom stereocenters. The molecule has 0 aliphatic heterocycles. The van der Waals surface area contributed by atoms with E-state index >= 15 is 0 Å². The zero-order valence-corrected chi connectivity index (χ0v) is 18.2. The third kappa shape index (κ3) is 5.40. The molecule has 7 nitrogen and oxygen atoms in total. The average molecular weight is 413 g/mol. The molecule has 0 bridgehead atoms. The van der Waals surface area contributed by atoms with Crippen molar-refractivity contribution in [2.24, 2.45) is 7.05 Å². The monoisotopic (exact) mass is 412 g/mol. The average Bonchev–Trinajstić information content (AvgIpc) is 3.33. The SMILES string of the molecule is CC.CCCCC.Cn1cc2cc(NC(=O)c3cnn4cccnc34)c(F)cc2n1. The minimum absolute atomic E-state index is 0.0887. The second-order valence-corrected chi connectivity index (χ2v) is 6.45. The van der Waals surface area contributed by atoms with Crippen LogP contribution in [0.3, 0.4) is 0 Å². The van der Waals surface area contributed by atoms with Crippen LogP contribution in [0.25, 0.3) is 16.6 Å². The molecule has 30 heavy (non-hydrogen) atoms. The van der Waals surface area contributed by atoms with Crippen LogP contribution in [0.15, 0.2) is 43.0 Å². The summed E-state index contributed by atoms with van der Waals surface area (Å²) < 4.78 is 17.2. The Morgan fingerprint density at radius 3 is 2.60 bits per heavy atom. The number of benzene rings is 1. The van der Waals surface area contributed by atoms with Crippen LogP contribution in [0.2, 0.25) is 0 Å². The van der Waals surface area contributed by atoms with Crippen LogP contribution in [0.1, 0.15) is 57.3 Å². The van der Waals surface area contributed by atoms with Gasteiger partial charge in [-0.15, -0.1) is 0 Å². The number of nitrogens with one attached hydrogen (secondary N) is 1. The van der Waals surface area contributed by atoms with Crippen molar-refractivity contribution >= 4 is 28.1 Å². The van der Waals surface area contributed by atoms with Gasteiger partial charge < -0.3 is 5.32 Å². The number of anilines is 1. The Labute approximate surface area is 175 Å². The number of nitrogens with zero attached hydrogens (tertiary/aromatic N) is 5. The topological polar surface area (TPSA) is 77.1 Å². The fraction of sp³-hybridized carbons (Fsp3) is 0.364. The normalized spacial score (nSPS) is 10.2. The highest BCUT2D eigenvalue weighted by Gasteiger charge is 2.16. The first-order valence-corrected chi connectivity index (χ1v) is 10.3. The molecule has 0 aliphatic rings. The van der Waals surface area contributed by atoms with E-state index in [1.54, 1.807) is 42.5 Å². The van der Waals surface area contributed by atoms with Gasteiger partial charge in [-0.2, -0.15) is 10.2 Å². The molecule has 0 unspecified atom stereocenters. The maximum Gasteiger partial charge on any atom is 0.261 e. The molecule has 4 rings (SSSR count). The lowest BCUT2D eigenvalue weighted by atomic mass is 10.2. The number of aryl methyl sites for hydroxylation is 1. The van der Waals surface area contributed by atoms with Crippen LogP contribution in [-0.2, 0) is 7.05 Å². The van der Waals surface area contributed by atoms with Gasteiger partial charge in [0.2, 0.25) is 0 Å². The fourth-order valence-electron chi connectivity index (χ4n) is 2.80. The summed E-state index contributed by atoms with van der Waals surface area (Å²) in [5.74, 6) is -1.02. The number of carbonyl (C=O) groups is 1. The van der Waals surface area contributed by atoms with E-state index in [2.05, 4.69) is 34.3 Å². The number of carbonyl (C=O) groups excluding carboxylic acids is 1. The molecule has 3 aromatic heterocycles. The molecule has 3 heterocycles. The number of hydrogen-bond acceptors (Lipinski definition) is 4.